The van der Waals surface area contributed by atoms with Gasteiger partial charge in [-0.25, -0.2) is 4.79 Å². The molecule has 0 spiro atoms. The highest BCUT2D eigenvalue weighted by atomic mass is 35.5. The van der Waals surface area contributed by atoms with Crippen LogP contribution in [-0.4, -0.2) is 11.1 Å². The van der Waals surface area contributed by atoms with Crippen molar-refractivity contribution in [2.45, 2.75) is 5.88 Å². The van der Waals surface area contributed by atoms with E-state index < -0.39 is 5.97 Å². The number of anilines is 1. The molecule has 64 valence electrons. The minimum Gasteiger partial charge on any atom is -0.478 e. The third-order valence-electron chi connectivity index (χ3n) is 1.42. The van der Waals surface area contributed by atoms with Crippen LogP contribution in [0.5, 0.6) is 0 Å². The van der Waals surface area contributed by atoms with Crippen LogP contribution < -0.4 is 5.73 Å². The number of hydrogen-bond acceptors (Lipinski definition) is 2. The maximum atomic E-state index is 10.5. The Labute approximate surface area is 74.8 Å². The first kappa shape index (κ1) is 8.87. The Morgan fingerprint density at radius 3 is 2.67 bits per heavy atom. The fourth-order valence-corrected chi connectivity index (χ4v) is 1.07. The summed E-state index contributed by atoms with van der Waals surface area (Å²) in [7, 11) is 0. The molecule has 0 saturated heterocycles. The van der Waals surface area contributed by atoms with Crippen molar-refractivity contribution in [3.63, 3.8) is 0 Å². The third-order valence-corrected chi connectivity index (χ3v) is 1.72. The van der Waals surface area contributed by atoms with Crippen LogP contribution in [0.3, 0.4) is 0 Å². The van der Waals surface area contributed by atoms with Crippen LogP contribution in [0.15, 0.2) is 18.2 Å². The fourth-order valence-electron chi connectivity index (χ4n) is 0.919. The number of carboxylic acid groups (broad SMARTS) is 1. The normalized spacial score (nSPS) is 9.75. The minimum atomic E-state index is -0.992. The molecular formula is C8H8ClNO2. The molecule has 0 aliphatic heterocycles. The van der Waals surface area contributed by atoms with Crippen LogP contribution in [0, 0.1) is 0 Å². The standard InChI is InChI=1S/C8H8ClNO2/c9-4-5-1-6(8(11)12)3-7(10)2-5/h1-3H,4,10H2,(H,11,12). The molecule has 3 N–H and O–H groups in total. The van der Waals surface area contributed by atoms with Crippen LogP contribution in [0.4, 0.5) is 5.69 Å². The van der Waals surface area contributed by atoms with Crippen LogP contribution in [-0.2, 0) is 5.88 Å². The average Bonchev–Trinajstić information content (AvgIpc) is 2.03. The second kappa shape index (κ2) is 3.45. The van der Waals surface area contributed by atoms with E-state index in [-0.39, 0.29) is 11.4 Å². The van der Waals surface area contributed by atoms with Gasteiger partial charge >= 0.3 is 5.97 Å². The zero-order valence-corrected chi connectivity index (χ0v) is 7.01. The highest BCUT2D eigenvalue weighted by molar-refractivity contribution is 6.17. The average molecular weight is 186 g/mol. The van der Waals surface area contributed by atoms with Crippen LogP contribution >= 0.6 is 11.6 Å². The molecule has 0 bridgehead atoms. The maximum absolute atomic E-state index is 10.5. The second-order valence-corrected chi connectivity index (χ2v) is 2.67. The molecule has 1 aromatic carbocycles. The molecule has 0 saturated carbocycles. The molecule has 0 aliphatic carbocycles. The van der Waals surface area contributed by atoms with Gasteiger partial charge in [0, 0.05) is 11.6 Å². The first-order chi connectivity index (χ1) is 5.63. The van der Waals surface area contributed by atoms with Gasteiger partial charge < -0.3 is 10.8 Å². The van der Waals surface area contributed by atoms with Crippen molar-refractivity contribution in [2.75, 3.05) is 5.73 Å². The Bertz CT molecular complexity index is 312. The monoisotopic (exact) mass is 185 g/mol. The summed E-state index contributed by atoms with van der Waals surface area (Å²) in [6, 6.07) is 4.56. The van der Waals surface area contributed by atoms with Gasteiger partial charge in [-0.3, -0.25) is 0 Å². The number of alkyl halides is 1. The van der Waals surface area contributed by atoms with E-state index in [4.69, 9.17) is 22.4 Å². The number of halogens is 1. The summed E-state index contributed by atoms with van der Waals surface area (Å²) in [5.41, 5.74) is 6.76. The van der Waals surface area contributed by atoms with Gasteiger partial charge in [0.25, 0.3) is 0 Å². The van der Waals surface area contributed by atoms with E-state index in [0.29, 0.717) is 11.3 Å². The zero-order chi connectivity index (χ0) is 9.14. The molecule has 1 aromatic rings. The minimum absolute atomic E-state index is 0.172. The van der Waals surface area contributed by atoms with Crippen molar-refractivity contribution in [3.05, 3.63) is 29.3 Å². The van der Waals surface area contributed by atoms with Gasteiger partial charge in [-0.2, -0.15) is 0 Å². The fraction of sp³-hybridized carbons (Fsp3) is 0.125. The van der Waals surface area contributed by atoms with E-state index in [0.717, 1.165) is 0 Å². The maximum Gasteiger partial charge on any atom is 0.335 e. The molecule has 4 heteroatoms. The van der Waals surface area contributed by atoms with Gasteiger partial charge in [0.2, 0.25) is 0 Å². The van der Waals surface area contributed by atoms with Gasteiger partial charge in [-0.05, 0) is 23.8 Å². The van der Waals surface area contributed by atoms with Crippen molar-refractivity contribution in [1.29, 1.82) is 0 Å². The number of nitrogen functional groups attached to an aromatic ring is 1. The molecular weight excluding hydrogens is 178 g/mol. The Morgan fingerprint density at radius 1 is 1.50 bits per heavy atom. The van der Waals surface area contributed by atoms with E-state index in [1.807, 2.05) is 0 Å². The van der Waals surface area contributed by atoms with E-state index in [1.165, 1.54) is 12.1 Å². The molecule has 0 atom stereocenters. The largest absolute Gasteiger partial charge is 0.478 e. The van der Waals surface area contributed by atoms with Gasteiger partial charge in [0.05, 0.1) is 5.56 Å². The number of hydrogen-bond donors (Lipinski definition) is 2. The highest BCUT2D eigenvalue weighted by Gasteiger charge is 2.04. The summed E-state index contributed by atoms with van der Waals surface area (Å²) < 4.78 is 0. The van der Waals surface area contributed by atoms with E-state index in [1.54, 1.807) is 6.07 Å². The van der Waals surface area contributed by atoms with E-state index in [2.05, 4.69) is 0 Å². The Morgan fingerprint density at radius 2 is 2.17 bits per heavy atom. The number of rotatable bonds is 2. The van der Waals surface area contributed by atoms with Crippen molar-refractivity contribution in [3.8, 4) is 0 Å². The molecule has 12 heavy (non-hydrogen) atoms. The predicted octanol–water partition coefficient (Wildman–Crippen LogP) is 1.71. The first-order valence-electron chi connectivity index (χ1n) is 3.32. The zero-order valence-electron chi connectivity index (χ0n) is 6.25. The van der Waals surface area contributed by atoms with E-state index >= 15 is 0 Å². The topological polar surface area (TPSA) is 63.3 Å². The summed E-state index contributed by atoms with van der Waals surface area (Å²) in [6.07, 6.45) is 0. The summed E-state index contributed by atoms with van der Waals surface area (Å²) in [5, 5.41) is 8.63. The Kier molecular flexibility index (Phi) is 2.55. The molecule has 0 radical (unpaired) electrons. The van der Waals surface area contributed by atoms with Crippen LogP contribution in [0.1, 0.15) is 15.9 Å². The summed E-state index contributed by atoms with van der Waals surface area (Å²) in [5.74, 6) is -0.723. The molecule has 0 unspecified atom stereocenters. The molecule has 0 aliphatic rings. The Hall–Kier alpha value is -1.22. The number of carboxylic acids is 1. The number of nitrogens with two attached hydrogens (primary N) is 1. The molecule has 0 heterocycles. The van der Waals surface area contributed by atoms with Gasteiger partial charge in [0.1, 0.15) is 0 Å². The van der Waals surface area contributed by atoms with Gasteiger partial charge in [-0.15, -0.1) is 11.6 Å². The van der Waals surface area contributed by atoms with Crippen LogP contribution in [0.25, 0.3) is 0 Å². The second-order valence-electron chi connectivity index (χ2n) is 2.40. The number of carbonyl (C=O) groups is 1. The lowest BCUT2D eigenvalue weighted by Crippen LogP contribution is -1.99. The van der Waals surface area contributed by atoms with Crippen molar-refractivity contribution >= 4 is 23.3 Å². The van der Waals surface area contributed by atoms with E-state index in [9.17, 15) is 4.79 Å². The van der Waals surface area contributed by atoms with Crippen molar-refractivity contribution in [2.24, 2.45) is 0 Å². The summed E-state index contributed by atoms with van der Waals surface area (Å²) >= 11 is 5.53. The van der Waals surface area contributed by atoms with Crippen molar-refractivity contribution < 1.29 is 9.90 Å². The lowest BCUT2D eigenvalue weighted by molar-refractivity contribution is 0.0697. The van der Waals surface area contributed by atoms with Gasteiger partial charge in [0.15, 0.2) is 0 Å². The van der Waals surface area contributed by atoms with Gasteiger partial charge in [-0.1, -0.05) is 0 Å². The molecule has 1 rings (SSSR count). The first-order valence-corrected chi connectivity index (χ1v) is 3.85. The lowest BCUT2D eigenvalue weighted by Gasteiger charge is -2.00. The quantitative estimate of drug-likeness (QED) is 0.545. The smallest absolute Gasteiger partial charge is 0.335 e. The molecule has 0 aromatic heterocycles. The van der Waals surface area contributed by atoms with Crippen LogP contribution in [0.2, 0.25) is 0 Å². The molecule has 0 amide bonds. The number of aromatic carboxylic acids is 1. The Balaban J connectivity index is 3.15. The number of benzene rings is 1. The SMILES string of the molecule is Nc1cc(CCl)cc(C(=O)O)c1. The predicted molar refractivity (Wildman–Crippen MR) is 47.4 cm³/mol. The summed E-state index contributed by atoms with van der Waals surface area (Å²) in [6.45, 7) is 0. The lowest BCUT2D eigenvalue weighted by atomic mass is 10.1. The molecule has 0 fully saturated rings. The van der Waals surface area contributed by atoms with Crippen molar-refractivity contribution in [1.82, 2.24) is 0 Å². The highest BCUT2D eigenvalue weighted by Crippen LogP contribution is 2.13. The third kappa shape index (κ3) is 1.89. The molecule has 3 nitrogen and oxygen atoms in total. The summed E-state index contributed by atoms with van der Waals surface area (Å²) in [4.78, 5) is 10.5.